The maximum Gasteiger partial charge on any atom is 0.326 e. The molecule has 0 radical (unpaired) electrons. The number of aliphatic carboxylic acids is 5. The number of likely N-dealkylation sites (tertiary alicyclic amines) is 1. The number of aliphatic hydroxyl groups excluding tert-OH is 1. The molecule has 812 valence electrons. The summed E-state index contributed by atoms with van der Waals surface area (Å²) in [5, 5.41) is 126. The van der Waals surface area contributed by atoms with Gasteiger partial charge in [0.05, 0.1) is 25.6 Å². The molecule has 146 heavy (non-hydrogen) atoms. The number of hydrogen-bond donors (Lipinski definition) is 30. The van der Waals surface area contributed by atoms with Crippen molar-refractivity contribution in [1.82, 2.24) is 90.0 Å². The molecule has 3 rings (SSSR count). The summed E-state index contributed by atoms with van der Waals surface area (Å²) in [4.78, 5) is 313. The normalized spacial score (nSPS) is 15.3. The molecule has 0 saturated carbocycles. The lowest BCUT2D eigenvalue weighted by Gasteiger charge is -2.32. The third-order valence-electron chi connectivity index (χ3n) is 22.7. The molecule has 2 aromatic carbocycles. The lowest BCUT2D eigenvalue weighted by Crippen LogP contribution is -2.61. The summed E-state index contributed by atoms with van der Waals surface area (Å²) < 4.78 is 0. The Morgan fingerprint density at radius 1 is 0.384 bits per heavy atom. The van der Waals surface area contributed by atoms with Crippen LogP contribution in [0, 0.1) is 29.1 Å². The minimum atomic E-state index is -2.07. The van der Waals surface area contributed by atoms with Crippen molar-refractivity contribution in [1.29, 1.82) is 5.41 Å². The number of nitrogens with zero attached hydrogens (tertiary/aromatic N) is 1. The molecule has 54 nitrogen and oxygen atoms in total. The Morgan fingerprint density at radius 2 is 0.733 bits per heavy atom. The fourth-order valence-electron chi connectivity index (χ4n) is 15.0. The number of nitrogens with one attached hydrogen (secondary N) is 17. The molecule has 1 aliphatic rings. The predicted octanol–water partition coefficient (Wildman–Crippen LogP) is -7.03. The smallest absolute Gasteiger partial charge is 0.326 e. The van der Waals surface area contributed by atoms with Crippen LogP contribution < -0.4 is 114 Å². The molecule has 54 heteroatoms. The molecule has 2 aromatic rings. The van der Waals surface area contributed by atoms with Gasteiger partial charge in [0.15, 0.2) is 5.96 Å². The summed E-state index contributed by atoms with van der Waals surface area (Å²) in [5.74, 6) is -30.2. The zero-order valence-electron chi connectivity index (χ0n) is 82.8. The zero-order valence-corrected chi connectivity index (χ0v) is 82.8. The van der Waals surface area contributed by atoms with E-state index >= 15 is 0 Å². The number of carboxylic acids is 5. The van der Waals surface area contributed by atoms with Crippen LogP contribution in [0.3, 0.4) is 0 Å². The topological polar surface area (TPSA) is 904 Å². The highest BCUT2D eigenvalue weighted by atomic mass is 16.4. The van der Waals surface area contributed by atoms with Crippen molar-refractivity contribution in [3.05, 3.63) is 59.7 Å². The van der Waals surface area contributed by atoms with Gasteiger partial charge < -0.3 is 159 Å². The molecular weight excluding hydrogens is 1920 g/mol. The van der Waals surface area contributed by atoms with Gasteiger partial charge in [0.25, 0.3) is 0 Å². The maximum absolute atomic E-state index is 14.9. The van der Waals surface area contributed by atoms with Crippen LogP contribution in [0.25, 0.3) is 0 Å². The second-order valence-corrected chi connectivity index (χ2v) is 36.9. The number of phenols is 2. The third-order valence-corrected chi connectivity index (χ3v) is 22.7. The summed E-state index contributed by atoms with van der Waals surface area (Å²) in [6.45, 7) is 10.5. The van der Waals surface area contributed by atoms with Crippen LogP contribution in [0.15, 0.2) is 48.5 Å². The van der Waals surface area contributed by atoms with Crippen molar-refractivity contribution in [2.45, 2.75) is 300 Å². The summed E-state index contributed by atoms with van der Waals surface area (Å²) in [6.07, 6.45) is -8.47. The number of carboxylic acid groups (broad SMARTS) is 5. The fourth-order valence-corrected chi connectivity index (χ4v) is 15.0. The largest absolute Gasteiger partial charge is 0.508 e. The Balaban J connectivity index is 1.99. The van der Waals surface area contributed by atoms with E-state index < -0.39 is 340 Å². The molecule has 0 spiro atoms. The molecule has 0 unspecified atom stereocenters. The van der Waals surface area contributed by atoms with Gasteiger partial charge in [0.2, 0.25) is 106 Å². The highest BCUT2D eigenvalue weighted by Crippen LogP contribution is 2.24. The number of guanidine groups is 1. The highest BCUT2D eigenvalue weighted by Gasteiger charge is 2.44. The number of aliphatic hydroxyl groups is 1. The van der Waals surface area contributed by atoms with Crippen molar-refractivity contribution >= 4 is 142 Å². The molecule has 16 atom stereocenters. The van der Waals surface area contributed by atoms with Crippen LogP contribution in [0.5, 0.6) is 11.5 Å². The van der Waals surface area contributed by atoms with Gasteiger partial charge in [-0.3, -0.25) is 111 Å². The molecule has 1 fully saturated rings. The van der Waals surface area contributed by atoms with E-state index in [0.717, 1.165) is 4.90 Å². The number of nitrogens with two attached hydrogens (primary N) is 5. The number of amides is 18. The number of unbranched alkanes of at least 4 members (excludes halogenated alkanes) is 1. The monoisotopic (exact) mass is 2070 g/mol. The third kappa shape index (κ3) is 47.5. The van der Waals surface area contributed by atoms with E-state index in [2.05, 4.69) is 85.1 Å². The van der Waals surface area contributed by atoms with Gasteiger partial charge in [-0.15, -0.1) is 0 Å². The van der Waals surface area contributed by atoms with E-state index in [4.69, 9.17) is 34.1 Å². The van der Waals surface area contributed by atoms with E-state index in [1.807, 2.05) is 0 Å². The van der Waals surface area contributed by atoms with E-state index in [1.54, 1.807) is 41.5 Å². The second kappa shape index (κ2) is 63.9. The first kappa shape index (κ1) is 125. The van der Waals surface area contributed by atoms with Gasteiger partial charge in [-0.05, 0) is 162 Å². The molecule has 0 aliphatic carbocycles. The number of rotatable bonds is 69. The van der Waals surface area contributed by atoms with Crippen molar-refractivity contribution in [3.63, 3.8) is 0 Å². The SMILES string of the molecule is CC(C)C[C@H](NC(=O)[C@H](CCC(N)=O)NC(=O)[C@H](CCC(=O)O)NC(=O)[C@H](CC(C)C)NC(=O)[C@H](Cc1ccc(O)cc1)NC(=O)CNC(=O)[C@H](CC(C)C)NC(=O)[C@H](Cc1ccc(O)cc1)NC(=O)[C@H](CCCNC(=N)N)NC(=O)[C@H](CCC(=O)O)NC(=O)[C@H](CO)NC(=O)[C@@H]1CCCN1C(=O)[C@@H](NC(=O)[C@H](CC(=O)O)NC(=O)[C@H](CCC(=O)O)NC(=O)[C@H](CCCCN)NC(=O)[C@@H](N)CCC(N)=O)C(C)C)C(=O)O. The number of benzene rings is 2. The standard InChI is InChI=1S/C92H143N23O31/c1-45(2)37-60(77(131)100-43-70(121)101-62(40-49-16-20-51(117)21-17-49)85(139)109-61(38-46(3)4)84(138)106-57(26-31-71(122)123)81(135)104-56(25-30-69(96)120)83(137)112-65(91(145)146)39-47(5)6)108-86(140)63(41-50-18-22-52(118)23-19-50)110-79(133)55(14-11-35-99-92(97)98)103-80(134)58(27-32-72(124)125)107-88(142)66(44-116)113-89(143)67-15-12-36-115(67)90(144)75(48(7)8)114-87(141)64(42-74(128)129)111-82(136)59(28-33-73(126)127)105-78(132)54(13-9-10-34-93)102-76(130)53(94)24-29-68(95)119/h16-23,45-48,53-67,75,116-118H,9-15,24-44,93-94H2,1-8H3,(H2,95,119)(H2,96,120)(H,100,131)(H,101,121)(H,102,130)(H,103,134)(H,104,135)(H,105,132)(H,106,138)(H,107,142)(H,108,140)(H,109,139)(H,110,133)(H,111,136)(H,112,137)(H,113,143)(H,114,141)(H,122,123)(H,124,125)(H,126,127)(H,128,129)(H,145,146)(H4,97,98,99)/t53-,54-,55-,56-,57-,58-,59-,60-,61-,62-,63-,64-,65-,66-,67-,75-/m0/s1. The van der Waals surface area contributed by atoms with Crippen LogP contribution in [0.1, 0.15) is 201 Å². The highest BCUT2D eigenvalue weighted by molar-refractivity contribution is 6.02. The van der Waals surface area contributed by atoms with Crippen molar-refractivity contribution in [2.24, 2.45) is 52.3 Å². The van der Waals surface area contributed by atoms with Gasteiger partial charge in [0, 0.05) is 58.0 Å². The lowest BCUT2D eigenvalue weighted by atomic mass is 10.00. The summed E-state index contributed by atoms with van der Waals surface area (Å²) in [7, 11) is 0. The van der Waals surface area contributed by atoms with Crippen LogP contribution in [-0.4, -0.2) is 317 Å². The Kier molecular flexibility index (Phi) is 54.8. The number of phenolic OH excluding ortho intramolecular Hbond substituents is 2. The van der Waals surface area contributed by atoms with Crippen LogP contribution >= 0.6 is 0 Å². The van der Waals surface area contributed by atoms with E-state index in [9.17, 15) is 151 Å². The Bertz CT molecular complexity index is 4850. The van der Waals surface area contributed by atoms with Gasteiger partial charge in [-0.2, -0.15) is 0 Å². The van der Waals surface area contributed by atoms with Crippen LogP contribution in [0.2, 0.25) is 0 Å². The summed E-state index contributed by atoms with van der Waals surface area (Å²) in [5.41, 5.74) is 28.2. The number of primary amides is 2. The molecular formula is C92H143N23O31. The Morgan fingerprint density at radius 3 is 1.13 bits per heavy atom. The van der Waals surface area contributed by atoms with Gasteiger partial charge in [-0.1, -0.05) is 79.7 Å². The minimum absolute atomic E-state index is 0.0552. The van der Waals surface area contributed by atoms with E-state index in [-0.39, 0.29) is 113 Å². The van der Waals surface area contributed by atoms with Crippen molar-refractivity contribution in [3.8, 4) is 11.5 Å². The summed E-state index contributed by atoms with van der Waals surface area (Å²) in [6, 6.07) is -16.5. The molecule has 0 aromatic heterocycles. The maximum atomic E-state index is 14.9. The Labute approximate surface area is 841 Å². The lowest BCUT2D eigenvalue weighted by molar-refractivity contribution is -0.145. The molecule has 1 saturated heterocycles. The van der Waals surface area contributed by atoms with Gasteiger partial charge in [0.1, 0.15) is 102 Å². The first-order valence-electron chi connectivity index (χ1n) is 47.7. The molecule has 1 aliphatic heterocycles. The quantitative estimate of drug-likeness (QED) is 0.0166. The van der Waals surface area contributed by atoms with Crippen molar-refractivity contribution in [2.75, 3.05) is 32.8 Å². The second-order valence-electron chi connectivity index (χ2n) is 36.9. The van der Waals surface area contributed by atoms with Crippen LogP contribution in [0.4, 0.5) is 0 Å². The number of carbonyl (C=O) groups excluding carboxylic acids is 18. The van der Waals surface area contributed by atoms with Crippen LogP contribution in [-0.2, 0) is 123 Å². The molecule has 18 amide bonds. The number of hydrogen-bond acceptors (Lipinski definition) is 29. The van der Waals surface area contributed by atoms with Gasteiger partial charge in [-0.25, -0.2) is 4.79 Å². The molecule has 1 heterocycles. The zero-order chi connectivity index (χ0) is 110. The average Bonchev–Trinajstić information content (AvgIpc) is 1.73. The molecule has 0 bridgehead atoms. The molecule has 35 N–H and O–H groups in total. The van der Waals surface area contributed by atoms with E-state index in [0.29, 0.717) is 12.0 Å². The fraction of sp³-hybridized carbons (Fsp3) is 0.609. The first-order chi connectivity index (χ1) is 68.5. The summed E-state index contributed by atoms with van der Waals surface area (Å²) >= 11 is 0. The van der Waals surface area contributed by atoms with Crippen molar-refractivity contribution < 1.29 is 151 Å². The average molecular weight is 2070 g/mol. The number of aromatic hydroxyl groups is 2. The number of carbonyl (C=O) groups is 23. The first-order valence-corrected chi connectivity index (χ1v) is 47.7. The van der Waals surface area contributed by atoms with Gasteiger partial charge >= 0.3 is 29.8 Å². The van der Waals surface area contributed by atoms with E-state index in [1.165, 1.54) is 62.4 Å². The minimum Gasteiger partial charge on any atom is -0.508 e. The Hall–Kier alpha value is -15.0. The predicted molar refractivity (Wildman–Crippen MR) is 516 cm³/mol.